The molecule has 2 atom stereocenters. The van der Waals surface area contributed by atoms with Crippen molar-refractivity contribution >= 4 is 40.7 Å². The van der Waals surface area contributed by atoms with Gasteiger partial charge in [0.25, 0.3) is 5.91 Å². The summed E-state index contributed by atoms with van der Waals surface area (Å²) in [6.45, 7) is 3.82. The van der Waals surface area contributed by atoms with Crippen LogP contribution in [0.3, 0.4) is 0 Å². The summed E-state index contributed by atoms with van der Waals surface area (Å²) in [5.41, 5.74) is 0.639. The highest BCUT2D eigenvalue weighted by molar-refractivity contribution is 6.35. The minimum absolute atomic E-state index is 0.0789. The van der Waals surface area contributed by atoms with Gasteiger partial charge in [-0.2, -0.15) is 0 Å². The lowest BCUT2D eigenvalue weighted by Gasteiger charge is -2.22. The van der Waals surface area contributed by atoms with E-state index < -0.39 is 6.04 Å². The van der Waals surface area contributed by atoms with Gasteiger partial charge < -0.3 is 5.32 Å². The van der Waals surface area contributed by atoms with Crippen molar-refractivity contribution < 1.29 is 9.59 Å². The van der Waals surface area contributed by atoms with E-state index in [1.807, 2.05) is 13.8 Å². The van der Waals surface area contributed by atoms with Crippen molar-refractivity contribution in [1.29, 1.82) is 0 Å². The number of amides is 2. The first kappa shape index (κ1) is 15.1. The molecule has 0 spiro atoms. The number of hydrogen-bond acceptors (Lipinski definition) is 3. The summed E-state index contributed by atoms with van der Waals surface area (Å²) in [7, 11) is 0. The van der Waals surface area contributed by atoms with Crippen molar-refractivity contribution in [2.24, 2.45) is 0 Å². The number of anilines is 1. The minimum atomic E-state index is -0.550. The van der Waals surface area contributed by atoms with Crippen LogP contribution in [0.2, 0.25) is 10.0 Å². The van der Waals surface area contributed by atoms with Gasteiger partial charge in [-0.15, -0.1) is 0 Å². The summed E-state index contributed by atoms with van der Waals surface area (Å²) < 4.78 is 0. The number of halogens is 2. The molecule has 1 fully saturated rings. The number of benzene rings is 1. The smallest absolute Gasteiger partial charge is 0.252 e. The van der Waals surface area contributed by atoms with E-state index in [0.29, 0.717) is 15.7 Å². The number of nitrogens with zero attached hydrogens (tertiary/aromatic N) is 1. The molecule has 1 aromatic rings. The monoisotopic (exact) mass is 314 g/mol. The molecule has 1 aliphatic heterocycles. The van der Waals surface area contributed by atoms with Crippen molar-refractivity contribution in [3.05, 3.63) is 28.2 Å². The van der Waals surface area contributed by atoms with Crippen molar-refractivity contribution in [2.45, 2.75) is 38.8 Å². The Morgan fingerprint density at radius 3 is 2.45 bits per heavy atom. The zero-order valence-corrected chi connectivity index (χ0v) is 12.8. The van der Waals surface area contributed by atoms with E-state index in [2.05, 4.69) is 5.32 Å². The highest BCUT2D eigenvalue weighted by Gasteiger charge is 2.40. The lowest BCUT2D eigenvalue weighted by atomic mass is 10.2. The molecule has 0 aliphatic carbocycles. The number of carbonyl (C=O) groups is 2. The fourth-order valence-corrected chi connectivity index (χ4v) is 2.77. The van der Waals surface area contributed by atoms with Gasteiger partial charge in [0.2, 0.25) is 5.91 Å². The quantitative estimate of drug-likeness (QED) is 0.867. The third-order valence-electron chi connectivity index (χ3n) is 3.42. The Morgan fingerprint density at radius 2 is 1.90 bits per heavy atom. The van der Waals surface area contributed by atoms with Gasteiger partial charge in [-0.05, 0) is 31.5 Å². The summed E-state index contributed by atoms with van der Waals surface area (Å²) >= 11 is 11.8. The summed E-state index contributed by atoms with van der Waals surface area (Å²) in [6, 6.07) is 4.34. The Bertz CT molecular complexity index is 528. The SMILES string of the molecule is CCC(C)N1C(=O)CC(Nc2cc(Cl)cc(Cl)c2)C1=O. The van der Waals surface area contributed by atoms with Crippen LogP contribution in [0.4, 0.5) is 5.69 Å². The van der Waals surface area contributed by atoms with E-state index >= 15 is 0 Å². The lowest BCUT2D eigenvalue weighted by Crippen LogP contribution is -2.40. The highest BCUT2D eigenvalue weighted by Crippen LogP contribution is 2.26. The summed E-state index contributed by atoms with van der Waals surface area (Å²) in [6.07, 6.45) is 0.903. The van der Waals surface area contributed by atoms with E-state index in [0.717, 1.165) is 6.42 Å². The van der Waals surface area contributed by atoms with E-state index in [1.165, 1.54) is 4.90 Å². The molecule has 2 unspecified atom stereocenters. The Hall–Kier alpha value is -1.26. The molecule has 2 rings (SSSR count). The molecule has 1 heterocycles. The van der Waals surface area contributed by atoms with Gasteiger partial charge in [-0.25, -0.2) is 0 Å². The normalized spacial score (nSPS) is 20.4. The van der Waals surface area contributed by atoms with Gasteiger partial charge in [-0.1, -0.05) is 30.1 Å². The summed E-state index contributed by atoms with van der Waals surface area (Å²) in [5, 5.41) is 3.99. The Kier molecular flexibility index (Phi) is 4.55. The number of hydrogen-bond donors (Lipinski definition) is 1. The molecule has 2 amide bonds. The van der Waals surface area contributed by atoms with Crippen molar-refractivity contribution in [3.8, 4) is 0 Å². The molecule has 0 aromatic heterocycles. The third-order valence-corrected chi connectivity index (χ3v) is 3.85. The Balaban J connectivity index is 2.15. The molecule has 1 N–H and O–H groups in total. The number of likely N-dealkylation sites (tertiary alicyclic amines) is 1. The van der Waals surface area contributed by atoms with Crippen LogP contribution in [0.15, 0.2) is 18.2 Å². The van der Waals surface area contributed by atoms with E-state index in [4.69, 9.17) is 23.2 Å². The highest BCUT2D eigenvalue weighted by atomic mass is 35.5. The van der Waals surface area contributed by atoms with E-state index in [1.54, 1.807) is 18.2 Å². The van der Waals surface area contributed by atoms with Gasteiger partial charge in [0.15, 0.2) is 0 Å². The van der Waals surface area contributed by atoms with E-state index in [9.17, 15) is 9.59 Å². The Morgan fingerprint density at radius 1 is 1.30 bits per heavy atom. The number of rotatable bonds is 4. The van der Waals surface area contributed by atoms with Gasteiger partial charge in [0.1, 0.15) is 6.04 Å². The summed E-state index contributed by atoms with van der Waals surface area (Å²) in [4.78, 5) is 25.5. The van der Waals surface area contributed by atoms with Gasteiger partial charge in [0, 0.05) is 21.8 Å². The second-order valence-electron chi connectivity index (χ2n) is 4.92. The fourth-order valence-electron chi connectivity index (χ4n) is 2.25. The van der Waals surface area contributed by atoms with Crippen molar-refractivity contribution in [2.75, 3.05) is 5.32 Å². The maximum atomic E-state index is 12.3. The molecule has 108 valence electrons. The molecule has 1 aromatic carbocycles. The van der Waals surface area contributed by atoms with Crippen molar-refractivity contribution in [1.82, 2.24) is 4.90 Å². The van der Waals surface area contributed by atoms with Crippen LogP contribution in [0, 0.1) is 0 Å². The molecule has 0 radical (unpaired) electrons. The van der Waals surface area contributed by atoms with Gasteiger partial charge in [0.05, 0.1) is 6.42 Å². The topological polar surface area (TPSA) is 49.4 Å². The second kappa shape index (κ2) is 6.02. The fraction of sp³-hybridized carbons (Fsp3) is 0.429. The largest absolute Gasteiger partial charge is 0.373 e. The zero-order valence-electron chi connectivity index (χ0n) is 11.3. The lowest BCUT2D eigenvalue weighted by molar-refractivity contribution is -0.140. The minimum Gasteiger partial charge on any atom is -0.373 e. The molecule has 0 bridgehead atoms. The van der Waals surface area contributed by atoms with Crippen LogP contribution < -0.4 is 5.32 Å². The molecule has 6 heteroatoms. The maximum absolute atomic E-state index is 12.3. The van der Waals surface area contributed by atoms with Gasteiger partial charge >= 0.3 is 0 Å². The number of carbonyl (C=O) groups excluding carboxylic acids is 2. The first-order chi connectivity index (χ1) is 9.42. The van der Waals surface area contributed by atoms with Crippen LogP contribution in [-0.2, 0) is 9.59 Å². The molecule has 0 saturated carbocycles. The van der Waals surface area contributed by atoms with Crippen LogP contribution in [-0.4, -0.2) is 28.8 Å². The van der Waals surface area contributed by atoms with Crippen LogP contribution in [0.1, 0.15) is 26.7 Å². The average Bonchev–Trinajstić information content (AvgIpc) is 2.62. The predicted molar refractivity (Wildman–Crippen MR) is 80.1 cm³/mol. The Labute approximate surface area is 128 Å². The van der Waals surface area contributed by atoms with Gasteiger partial charge in [-0.3, -0.25) is 14.5 Å². The van der Waals surface area contributed by atoms with Crippen LogP contribution in [0.5, 0.6) is 0 Å². The predicted octanol–water partition coefficient (Wildman–Crippen LogP) is 3.33. The van der Waals surface area contributed by atoms with E-state index in [-0.39, 0.29) is 24.3 Å². The standard InChI is InChI=1S/C14H16Cl2N2O2/c1-3-8(2)18-13(19)7-12(14(18)20)17-11-5-9(15)4-10(16)6-11/h4-6,8,12,17H,3,7H2,1-2H3. The van der Waals surface area contributed by atoms with Crippen LogP contribution >= 0.6 is 23.2 Å². The molecule has 1 aliphatic rings. The third kappa shape index (κ3) is 3.07. The van der Waals surface area contributed by atoms with Crippen molar-refractivity contribution in [3.63, 3.8) is 0 Å². The second-order valence-corrected chi connectivity index (χ2v) is 5.79. The molecular weight excluding hydrogens is 299 g/mol. The molecule has 4 nitrogen and oxygen atoms in total. The molecular formula is C14H16Cl2N2O2. The maximum Gasteiger partial charge on any atom is 0.252 e. The first-order valence-electron chi connectivity index (χ1n) is 6.51. The van der Waals surface area contributed by atoms with Crippen LogP contribution in [0.25, 0.3) is 0 Å². The first-order valence-corrected chi connectivity index (χ1v) is 7.26. The zero-order chi connectivity index (χ0) is 14.9. The molecule has 20 heavy (non-hydrogen) atoms. The summed E-state index contributed by atoms with van der Waals surface area (Å²) in [5.74, 6) is -0.338. The number of nitrogens with one attached hydrogen (secondary N) is 1. The molecule has 1 saturated heterocycles. The number of imide groups is 1. The average molecular weight is 315 g/mol.